The van der Waals surface area contributed by atoms with Crippen LogP contribution in [0.5, 0.6) is 0 Å². The van der Waals surface area contributed by atoms with Gasteiger partial charge in [0.15, 0.2) is 0 Å². The van der Waals surface area contributed by atoms with E-state index in [9.17, 15) is 12.8 Å². The summed E-state index contributed by atoms with van der Waals surface area (Å²) in [7, 11) is -2.01. The first-order valence-corrected chi connectivity index (χ1v) is 7.31. The van der Waals surface area contributed by atoms with Gasteiger partial charge in [-0.15, -0.1) is 0 Å². The fraction of sp³-hybridized carbons (Fsp3) is 0.250. The van der Waals surface area contributed by atoms with Gasteiger partial charge in [-0.05, 0) is 24.6 Å². The molecule has 6 nitrogen and oxygen atoms in total. The van der Waals surface area contributed by atoms with Gasteiger partial charge in [0.1, 0.15) is 11.6 Å². The number of anilines is 1. The lowest BCUT2D eigenvalue weighted by Gasteiger charge is -2.10. The predicted octanol–water partition coefficient (Wildman–Crippen LogP) is 0.928. The molecule has 1 aromatic heterocycles. The van der Waals surface area contributed by atoms with Crippen molar-refractivity contribution in [1.29, 1.82) is 0 Å². The number of aryl methyl sites for hydroxylation is 2. The molecule has 0 bridgehead atoms. The van der Waals surface area contributed by atoms with Crippen molar-refractivity contribution in [3.05, 3.63) is 41.7 Å². The van der Waals surface area contributed by atoms with Crippen LogP contribution in [0.1, 0.15) is 11.4 Å². The Morgan fingerprint density at radius 1 is 1.45 bits per heavy atom. The van der Waals surface area contributed by atoms with E-state index in [4.69, 9.17) is 5.73 Å². The predicted molar refractivity (Wildman–Crippen MR) is 72.8 cm³/mol. The molecule has 0 saturated heterocycles. The van der Waals surface area contributed by atoms with Crippen LogP contribution in [0.2, 0.25) is 0 Å². The molecule has 1 heterocycles. The Labute approximate surface area is 116 Å². The molecule has 1 aromatic carbocycles. The Hall–Kier alpha value is -1.93. The molecule has 2 rings (SSSR count). The highest BCUT2D eigenvalue weighted by molar-refractivity contribution is 7.89. The highest BCUT2D eigenvalue weighted by atomic mass is 32.2. The van der Waals surface area contributed by atoms with Crippen LogP contribution in [0.15, 0.2) is 29.4 Å². The second-order valence-corrected chi connectivity index (χ2v) is 6.15. The van der Waals surface area contributed by atoms with Gasteiger partial charge in [0.25, 0.3) is 0 Å². The van der Waals surface area contributed by atoms with Crippen molar-refractivity contribution in [2.75, 3.05) is 5.73 Å². The molecule has 20 heavy (non-hydrogen) atoms. The van der Waals surface area contributed by atoms with Crippen molar-refractivity contribution in [3.63, 3.8) is 0 Å². The topological polar surface area (TPSA) is 90.0 Å². The molecule has 108 valence electrons. The van der Waals surface area contributed by atoms with E-state index in [1.54, 1.807) is 24.0 Å². The van der Waals surface area contributed by atoms with Crippen molar-refractivity contribution in [2.45, 2.75) is 18.4 Å². The lowest BCUT2D eigenvalue weighted by molar-refractivity contribution is 0.576. The number of hydrogen-bond acceptors (Lipinski definition) is 4. The summed E-state index contributed by atoms with van der Waals surface area (Å²) in [6.45, 7) is 1.56. The number of hydrogen-bond donors (Lipinski definition) is 2. The number of rotatable bonds is 4. The first-order chi connectivity index (χ1) is 9.31. The molecule has 0 aliphatic rings. The van der Waals surface area contributed by atoms with E-state index in [0.717, 1.165) is 12.1 Å². The Kier molecular flexibility index (Phi) is 3.78. The smallest absolute Gasteiger partial charge is 0.241 e. The van der Waals surface area contributed by atoms with Gasteiger partial charge in [0, 0.05) is 19.4 Å². The monoisotopic (exact) mass is 298 g/mol. The van der Waals surface area contributed by atoms with Crippen LogP contribution in [0, 0.1) is 12.7 Å². The summed E-state index contributed by atoms with van der Waals surface area (Å²) < 4.78 is 41.8. The van der Waals surface area contributed by atoms with Crippen molar-refractivity contribution >= 4 is 15.7 Å². The van der Waals surface area contributed by atoms with E-state index in [-0.39, 0.29) is 17.1 Å². The minimum atomic E-state index is -3.77. The Balaban J connectivity index is 2.27. The molecular formula is C12H15FN4O2S. The zero-order valence-electron chi connectivity index (χ0n) is 11.1. The van der Waals surface area contributed by atoms with Crippen molar-refractivity contribution in [3.8, 4) is 0 Å². The maximum absolute atomic E-state index is 13.3. The van der Waals surface area contributed by atoms with Gasteiger partial charge >= 0.3 is 0 Å². The van der Waals surface area contributed by atoms with E-state index >= 15 is 0 Å². The number of halogens is 1. The zero-order chi connectivity index (χ0) is 14.9. The lowest BCUT2D eigenvalue weighted by atomic mass is 10.2. The van der Waals surface area contributed by atoms with Crippen molar-refractivity contribution < 1.29 is 12.8 Å². The van der Waals surface area contributed by atoms with Crippen LogP contribution in [-0.2, 0) is 23.6 Å². The third-order valence-corrected chi connectivity index (χ3v) is 4.47. The molecule has 0 radical (unpaired) electrons. The molecule has 0 unspecified atom stereocenters. The third kappa shape index (κ3) is 2.81. The molecular weight excluding hydrogens is 283 g/mol. The fourth-order valence-electron chi connectivity index (χ4n) is 1.76. The molecule has 2 aromatic rings. The van der Waals surface area contributed by atoms with Gasteiger partial charge in [-0.2, -0.15) is 0 Å². The van der Waals surface area contributed by atoms with Crippen LogP contribution >= 0.6 is 0 Å². The standard InChI is InChI=1S/C12H15FN4O2S/c1-8-5-9(13)10(14)6-11(8)20(18,19)16-7-12-15-3-4-17(12)2/h3-6,16H,7,14H2,1-2H3. The summed E-state index contributed by atoms with van der Waals surface area (Å²) in [5.74, 6) is -0.0631. The molecule has 0 spiro atoms. The van der Waals surface area contributed by atoms with Gasteiger partial charge in [-0.3, -0.25) is 0 Å². The number of nitrogen functional groups attached to an aromatic ring is 1. The second-order valence-electron chi connectivity index (χ2n) is 4.42. The number of sulfonamides is 1. The molecule has 0 saturated carbocycles. The lowest BCUT2D eigenvalue weighted by Crippen LogP contribution is -2.25. The second kappa shape index (κ2) is 5.22. The maximum Gasteiger partial charge on any atom is 0.241 e. The van der Waals surface area contributed by atoms with Crippen molar-refractivity contribution in [2.24, 2.45) is 7.05 Å². The SMILES string of the molecule is Cc1cc(F)c(N)cc1S(=O)(=O)NCc1nccn1C. The Morgan fingerprint density at radius 3 is 2.75 bits per heavy atom. The molecule has 0 aliphatic heterocycles. The minimum absolute atomic E-state index is 0.0365. The van der Waals surface area contributed by atoms with E-state index in [1.807, 2.05) is 0 Å². The van der Waals surface area contributed by atoms with Crippen LogP contribution in [0.3, 0.4) is 0 Å². The van der Waals surface area contributed by atoms with E-state index in [0.29, 0.717) is 11.4 Å². The highest BCUT2D eigenvalue weighted by Gasteiger charge is 2.19. The first-order valence-electron chi connectivity index (χ1n) is 5.83. The molecule has 0 amide bonds. The normalized spacial score (nSPS) is 11.8. The van der Waals surface area contributed by atoms with Crippen molar-refractivity contribution in [1.82, 2.24) is 14.3 Å². The summed E-state index contributed by atoms with van der Waals surface area (Å²) in [6, 6.07) is 2.22. The average Bonchev–Trinajstić information content (AvgIpc) is 2.77. The van der Waals surface area contributed by atoms with Crippen LogP contribution in [-0.4, -0.2) is 18.0 Å². The Morgan fingerprint density at radius 2 is 2.15 bits per heavy atom. The maximum atomic E-state index is 13.3. The Bertz CT molecular complexity index is 740. The van der Waals surface area contributed by atoms with Gasteiger partial charge < -0.3 is 10.3 Å². The minimum Gasteiger partial charge on any atom is -0.396 e. The van der Waals surface area contributed by atoms with E-state index in [2.05, 4.69) is 9.71 Å². The largest absolute Gasteiger partial charge is 0.396 e. The fourth-order valence-corrected chi connectivity index (χ4v) is 3.00. The molecule has 3 N–H and O–H groups in total. The quantitative estimate of drug-likeness (QED) is 0.822. The van der Waals surface area contributed by atoms with Gasteiger partial charge in [-0.1, -0.05) is 0 Å². The number of nitrogens with zero attached hydrogens (tertiary/aromatic N) is 2. The first kappa shape index (κ1) is 14.5. The highest BCUT2D eigenvalue weighted by Crippen LogP contribution is 2.21. The molecule has 0 aliphatic carbocycles. The summed E-state index contributed by atoms with van der Waals surface area (Å²) >= 11 is 0. The van der Waals surface area contributed by atoms with E-state index in [1.165, 1.54) is 6.92 Å². The molecule has 0 atom stereocenters. The summed E-state index contributed by atoms with van der Waals surface area (Å²) in [4.78, 5) is 3.98. The number of imidazole rings is 1. The average molecular weight is 298 g/mol. The molecule has 8 heteroatoms. The number of nitrogens with one attached hydrogen (secondary N) is 1. The molecule has 0 fully saturated rings. The van der Waals surface area contributed by atoms with Gasteiger partial charge in [0.05, 0.1) is 17.1 Å². The van der Waals surface area contributed by atoms with Gasteiger partial charge in [0.2, 0.25) is 10.0 Å². The summed E-state index contributed by atoms with van der Waals surface area (Å²) in [5, 5.41) is 0. The van der Waals surface area contributed by atoms with Gasteiger partial charge in [-0.25, -0.2) is 22.5 Å². The van der Waals surface area contributed by atoms with Crippen LogP contribution < -0.4 is 10.5 Å². The number of aromatic nitrogens is 2. The summed E-state index contributed by atoms with van der Waals surface area (Å²) in [6.07, 6.45) is 3.29. The number of benzene rings is 1. The summed E-state index contributed by atoms with van der Waals surface area (Å²) in [5.41, 5.74) is 5.51. The van der Waals surface area contributed by atoms with Crippen LogP contribution in [0.25, 0.3) is 0 Å². The third-order valence-electron chi connectivity index (χ3n) is 2.93. The zero-order valence-corrected chi connectivity index (χ0v) is 11.9. The van der Waals surface area contributed by atoms with E-state index < -0.39 is 15.8 Å². The van der Waals surface area contributed by atoms with Crippen LogP contribution in [0.4, 0.5) is 10.1 Å². The number of nitrogens with two attached hydrogens (primary N) is 1.